The van der Waals surface area contributed by atoms with E-state index in [2.05, 4.69) is 36.5 Å². The second-order valence-electron chi connectivity index (χ2n) is 9.81. The number of hydrogen-bond acceptors (Lipinski definition) is 10. The zero-order valence-corrected chi connectivity index (χ0v) is 23.1. The van der Waals surface area contributed by atoms with Crippen molar-refractivity contribution in [3.63, 3.8) is 0 Å². The number of carbonyl (C=O) groups excluding carboxylic acids is 1. The van der Waals surface area contributed by atoms with Crippen LogP contribution in [0.2, 0.25) is 5.02 Å². The van der Waals surface area contributed by atoms with Gasteiger partial charge in [0.25, 0.3) is 0 Å². The normalized spacial score (nSPS) is 18.2. The number of ether oxygens (including phenoxy) is 3. The van der Waals surface area contributed by atoms with Crippen molar-refractivity contribution in [3.05, 3.63) is 48.0 Å². The predicted molar refractivity (Wildman–Crippen MR) is 150 cm³/mol. The van der Waals surface area contributed by atoms with Gasteiger partial charge in [0, 0.05) is 45.0 Å². The highest BCUT2D eigenvalue weighted by Crippen LogP contribution is 2.40. The third-order valence-corrected chi connectivity index (χ3v) is 7.68. The van der Waals surface area contributed by atoms with Gasteiger partial charge in [-0.2, -0.15) is 15.1 Å². The summed E-state index contributed by atoms with van der Waals surface area (Å²) in [6.07, 6.45) is 4.39. The van der Waals surface area contributed by atoms with E-state index in [1.165, 1.54) is 18.3 Å². The number of fused-ring (bicyclic) bond motifs is 2. The van der Waals surface area contributed by atoms with Crippen LogP contribution >= 0.6 is 11.6 Å². The maximum atomic E-state index is 14.6. The predicted octanol–water partition coefficient (Wildman–Crippen LogP) is 3.03. The Morgan fingerprint density at radius 1 is 1.27 bits per heavy atom. The van der Waals surface area contributed by atoms with E-state index < -0.39 is 5.82 Å². The monoisotopic (exact) mass is 582 g/mol. The van der Waals surface area contributed by atoms with E-state index in [0.29, 0.717) is 73.6 Å². The Kier molecular flexibility index (Phi) is 7.56. The van der Waals surface area contributed by atoms with Crippen LogP contribution in [0.15, 0.2) is 37.2 Å². The molecular formula is C27H28ClFN8O4. The van der Waals surface area contributed by atoms with Gasteiger partial charge < -0.3 is 24.0 Å². The number of benzene rings is 1. The molecule has 0 spiro atoms. The summed E-state index contributed by atoms with van der Waals surface area (Å²) in [5.74, 6) is -0.00335. The first-order valence-electron chi connectivity index (χ1n) is 13.2. The summed E-state index contributed by atoms with van der Waals surface area (Å²) in [6.45, 7) is 7.97. The number of nitrogens with one attached hydrogen (secondary N) is 1. The van der Waals surface area contributed by atoms with Crippen LogP contribution in [0.1, 0.15) is 0 Å². The Hall–Kier alpha value is -4.07. The lowest BCUT2D eigenvalue weighted by atomic mass is 10.2. The lowest BCUT2D eigenvalue weighted by molar-refractivity contribution is -0.126. The van der Waals surface area contributed by atoms with Gasteiger partial charge in [0.1, 0.15) is 28.8 Å². The van der Waals surface area contributed by atoms with Gasteiger partial charge in [-0.3, -0.25) is 14.8 Å². The van der Waals surface area contributed by atoms with Gasteiger partial charge in [-0.05, 0) is 19.2 Å². The van der Waals surface area contributed by atoms with Crippen molar-refractivity contribution in [1.29, 1.82) is 0 Å². The molecule has 2 aliphatic heterocycles. The molecular weight excluding hydrogens is 555 g/mol. The number of aromatic nitrogens is 5. The quantitative estimate of drug-likeness (QED) is 0.325. The van der Waals surface area contributed by atoms with Crippen LogP contribution in [0.3, 0.4) is 0 Å². The maximum Gasteiger partial charge on any atom is 0.319 e. The van der Waals surface area contributed by atoms with Crippen LogP contribution < -0.4 is 14.4 Å². The number of rotatable bonds is 7. The number of piperazine rings is 1. The van der Waals surface area contributed by atoms with Gasteiger partial charge in [0.2, 0.25) is 11.8 Å². The summed E-state index contributed by atoms with van der Waals surface area (Å²) in [5.41, 5.74) is 0.787. The van der Waals surface area contributed by atoms with E-state index in [0.717, 1.165) is 6.54 Å². The Morgan fingerprint density at radius 2 is 2.10 bits per heavy atom. The summed E-state index contributed by atoms with van der Waals surface area (Å²) in [5, 5.41) is 7.66. The second kappa shape index (κ2) is 11.4. The number of hydrogen-bond donors (Lipinski definition) is 1. The van der Waals surface area contributed by atoms with E-state index in [4.69, 9.17) is 30.8 Å². The minimum Gasteiger partial charge on any atom is -0.462 e. The second-order valence-corrected chi connectivity index (χ2v) is 10.2. The molecule has 4 aromatic rings. The molecule has 0 saturated carbocycles. The number of morpholine rings is 1. The molecule has 41 heavy (non-hydrogen) atoms. The van der Waals surface area contributed by atoms with E-state index in [1.54, 1.807) is 17.2 Å². The minimum atomic E-state index is -0.663. The number of pyridine rings is 1. The van der Waals surface area contributed by atoms with Gasteiger partial charge in [-0.15, -0.1) is 0 Å². The van der Waals surface area contributed by atoms with E-state index in [-0.39, 0.29) is 34.6 Å². The topological polar surface area (TPSA) is 122 Å². The smallest absolute Gasteiger partial charge is 0.319 e. The van der Waals surface area contributed by atoms with Crippen LogP contribution in [-0.2, 0) is 9.53 Å². The van der Waals surface area contributed by atoms with Crippen LogP contribution in [0, 0.1) is 5.82 Å². The van der Waals surface area contributed by atoms with Crippen LogP contribution in [0.25, 0.3) is 21.8 Å². The Labute approximate surface area is 239 Å². The van der Waals surface area contributed by atoms with Crippen molar-refractivity contribution in [1.82, 2.24) is 34.9 Å². The molecule has 0 bridgehead atoms. The van der Waals surface area contributed by atoms with Crippen molar-refractivity contribution < 1.29 is 23.4 Å². The molecule has 6 rings (SSSR count). The molecule has 1 aromatic carbocycles. The SMILES string of the molecule is C=CC(=O)N1CCN(c2nc(OC[C@@H]3COCCN3C)nc3c(Oc4c(Cl)c(F)cc5[nH]ncc45)nccc23)CC1. The largest absolute Gasteiger partial charge is 0.462 e. The number of likely N-dealkylation sites (N-methyl/N-ethyl adjacent to an activating group) is 1. The van der Waals surface area contributed by atoms with E-state index >= 15 is 0 Å². The molecule has 14 heteroatoms. The molecule has 1 atom stereocenters. The number of nitrogens with zero attached hydrogens (tertiary/aromatic N) is 7. The lowest BCUT2D eigenvalue weighted by Gasteiger charge is -2.35. The molecule has 0 radical (unpaired) electrons. The molecule has 0 unspecified atom stereocenters. The standard InChI is InChI=1S/C27H28ClFN8O4/c1-3-21(38)36-6-8-37(9-7-36)25-17-4-5-30-26(41-24-18-13-31-34-20(18)12-19(29)22(24)28)23(17)32-27(33-25)40-15-16-14-39-11-10-35(16)2/h3-5,12-13,16H,1,6-11,14-15H2,2H3,(H,31,34)/t16-/m0/s1. The summed E-state index contributed by atoms with van der Waals surface area (Å²) >= 11 is 6.32. The van der Waals surface area contributed by atoms with E-state index in [9.17, 15) is 9.18 Å². The average Bonchev–Trinajstić information content (AvgIpc) is 3.46. The van der Waals surface area contributed by atoms with Crippen LogP contribution in [-0.4, -0.2) is 106 Å². The molecule has 2 saturated heterocycles. The average molecular weight is 583 g/mol. The highest BCUT2D eigenvalue weighted by molar-refractivity contribution is 6.33. The van der Waals surface area contributed by atoms with Gasteiger partial charge in [-0.1, -0.05) is 18.2 Å². The molecule has 2 aliphatic rings. The Balaban J connectivity index is 1.39. The molecule has 1 amide bonds. The lowest BCUT2D eigenvalue weighted by Crippen LogP contribution is -2.48. The maximum absolute atomic E-state index is 14.6. The molecule has 5 heterocycles. The number of H-pyrrole nitrogens is 1. The highest BCUT2D eigenvalue weighted by Gasteiger charge is 2.26. The van der Waals surface area contributed by atoms with Gasteiger partial charge in [0.15, 0.2) is 5.75 Å². The van der Waals surface area contributed by atoms with Crippen molar-refractivity contribution >= 4 is 45.1 Å². The Bertz CT molecular complexity index is 1610. The van der Waals surface area contributed by atoms with Crippen molar-refractivity contribution in [2.24, 2.45) is 0 Å². The fourth-order valence-electron chi connectivity index (χ4n) is 4.93. The Morgan fingerprint density at radius 3 is 2.88 bits per heavy atom. The van der Waals surface area contributed by atoms with Gasteiger partial charge in [-0.25, -0.2) is 9.37 Å². The zero-order valence-electron chi connectivity index (χ0n) is 22.3. The first-order chi connectivity index (χ1) is 19.9. The molecule has 12 nitrogen and oxygen atoms in total. The van der Waals surface area contributed by atoms with Crippen molar-refractivity contribution in [3.8, 4) is 17.6 Å². The number of carbonyl (C=O) groups is 1. The summed E-state index contributed by atoms with van der Waals surface area (Å²) < 4.78 is 32.5. The summed E-state index contributed by atoms with van der Waals surface area (Å²) in [4.78, 5) is 32.0. The van der Waals surface area contributed by atoms with E-state index in [1.807, 2.05) is 7.05 Å². The number of aromatic amines is 1. The summed E-state index contributed by atoms with van der Waals surface area (Å²) in [6, 6.07) is 3.20. The molecule has 3 aromatic heterocycles. The van der Waals surface area contributed by atoms with Gasteiger partial charge >= 0.3 is 6.01 Å². The minimum absolute atomic E-state index is 0.0325. The third kappa shape index (κ3) is 5.35. The molecule has 0 aliphatic carbocycles. The molecule has 214 valence electrons. The first kappa shape index (κ1) is 27.1. The number of halogens is 2. The van der Waals surface area contributed by atoms with Crippen molar-refractivity contribution in [2.45, 2.75) is 6.04 Å². The summed E-state index contributed by atoms with van der Waals surface area (Å²) in [7, 11) is 2.02. The van der Waals surface area contributed by atoms with Crippen LogP contribution in [0.5, 0.6) is 17.6 Å². The van der Waals surface area contributed by atoms with Crippen LogP contribution in [0.4, 0.5) is 10.2 Å². The van der Waals surface area contributed by atoms with Crippen molar-refractivity contribution in [2.75, 3.05) is 64.5 Å². The fourth-order valence-corrected chi connectivity index (χ4v) is 5.12. The molecule has 2 fully saturated rings. The fraction of sp³-hybridized carbons (Fsp3) is 0.370. The zero-order chi connectivity index (χ0) is 28.5. The number of amides is 1. The number of anilines is 1. The molecule has 1 N–H and O–H groups in total. The van der Waals surface area contributed by atoms with Gasteiger partial charge in [0.05, 0.1) is 41.7 Å². The third-order valence-electron chi connectivity index (χ3n) is 7.33. The highest BCUT2D eigenvalue weighted by atomic mass is 35.5. The first-order valence-corrected chi connectivity index (χ1v) is 13.5.